The number of hydrogen-bond acceptors (Lipinski definition) is 4. The van der Waals surface area contributed by atoms with Gasteiger partial charge in [0.05, 0.1) is 17.1 Å². The van der Waals surface area contributed by atoms with Crippen LogP contribution >= 0.6 is 27.5 Å². The van der Waals surface area contributed by atoms with Gasteiger partial charge in [-0.2, -0.15) is 0 Å². The second-order valence-electron chi connectivity index (χ2n) is 4.34. The van der Waals surface area contributed by atoms with Crippen LogP contribution in [0, 0.1) is 0 Å². The van der Waals surface area contributed by atoms with Crippen LogP contribution in [-0.2, 0) is 6.54 Å². The van der Waals surface area contributed by atoms with Crippen molar-refractivity contribution in [3.63, 3.8) is 0 Å². The predicted octanol–water partition coefficient (Wildman–Crippen LogP) is 4.76. The summed E-state index contributed by atoms with van der Waals surface area (Å²) < 4.78 is 6.63. The van der Waals surface area contributed by atoms with E-state index in [1.54, 1.807) is 6.07 Å². The zero-order valence-corrected chi connectivity index (χ0v) is 13.2. The third-order valence-electron chi connectivity index (χ3n) is 2.84. The van der Waals surface area contributed by atoms with Crippen molar-refractivity contribution < 1.29 is 4.42 Å². The lowest BCUT2D eigenvalue weighted by Gasteiger charge is -2.03. The number of nitrogens with one attached hydrogen (secondary N) is 1. The summed E-state index contributed by atoms with van der Waals surface area (Å²) in [6, 6.07) is 15.2. The first kappa shape index (κ1) is 14.1. The van der Waals surface area contributed by atoms with Gasteiger partial charge >= 0.3 is 0 Å². The molecule has 4 nitrogen and oxygen atoms in total. The normalized spacial score (nSPS) is 10.6. The lowest BCUT2D eigenvalue weighted by Crippen LogP contribution is -1.99. The Labute approximate surface area is 135 Å². The molecule has 2 aromatic carbocycles. The van der Waals surface area contributed by atoms with Crippen LogP contribution in [-0.4, -0.2) is 10.2 Å². The van der Waals surface area contributed by atoms with Crippen LogP contribution in [0.1, 0.15) is 5.89 Å². The maximum absolute atomic E-state index is 6.11. The minimum Gasteiger partial charge on any atom is -0.419 e. The molecule has 0 fully saturated rings. The molecular weight excluding hydrogens is 354 g/mol. The number of benzene rings is 2. The monoisotopic (exact) mass is 363 g/mol. The van der Waals surface area contributed by atoms with Gasteiger partial charge in [0.2, 0.25) is 11.8 Å². The van der Waals surface area contributed by atoms with E-state index in [4.69, 9.17) is 16.0 Å². The second kappa shape index (κ2) is 6.28. The highest BCUT2D eigenvalue weighted by atomic mass is 79.9. The van der Waals surface area contributed by atoms with Gasteiger partial charge in [0.1, 0.15) is 0 Å². The van der Waals surface area contributed by atoms with E-state index < -0.39 is 0 Å². The summed E-state index contributed by atoms with van der Waals surface area (Å²) in [4.78, 5) is 0. The molecule has 3 rings (SSSR count). The summed E-state index contributed by atoms with van der Waals surface area (Å²) in [7, 11) is 0. The van der Waals surface area contributed by atoms with Crippen molar-refractivity contribution in [2.45, 2.75) is 6.54 Å². The number of nitrogens with zero attached hydrogens (tertiary/aromatic N) is 2. The zero-order valence-electron chi connectivity index (χ0n) is 10.9. The van der Waals surface area contributed by atoms with E-state index in [1.165, 1.54) is 0 Å². The Morgan fingerprint density at radius 3 is 2.76 bits per heavy atom. The molecule has 0 atom stereocenters. The molecule has 0 aliphatic heterocycles. The van der Waals surface area contributed by atoms with Gasteiger partial charge in [-0.25, -0.2) is 0 Å². The Hall–Kier alpha value is -1.85. The number of hydrogen-bond donors (Lipinski definition) is 1. The average Bonchev–Trinajstić information content (AvgIpc) is 2.94. The van der Waals surface area contributed by atoms with Crippen LogP contribution in [0.3, 0.4) is 0 Å². The number of aromatic nitrogens is 2. The molecular formula is C15H11BrClN3O. The maximum Gasteiger partial charge on any atom is 0.249 e. The van der Waals surface area contributed by atoms with Crippen molar-refractivity contribution in [1.82, 2.24) is 10.2 Å². The van der Waals surface area contributed by atoms with Crippen LogP contribution in [0.5, 0.6) is 0 Å². The van der Waals surface area contributed by atoms with Gasteiger partial charge < -0.3 is 9.73 Å². The fourth-order valence-electron chi connectivity index (χ4n) is 1.84. The molecule has 0 bridgehead atoms. The molecule has 1 N–H and O–H groups in total. The Kier molecular flexibility index (Phi) is 4.22. The van der Waals surface area contributed by atoms with E-state index in [0.29, 0.717) is 23.3 Å². The van der Waals surface area contributed by atoms with Crippen LogP contribution in [0.4, 0.5) is 5.69 Å². The second-order valence-corrected chi connectivity index (χ2v) is 5.67. The van der Waals surface area contributed by atoms with E-state index >= 15 is 0 Å². The predicted molar refractivity (Wildman–Crippen MR) is 86.2 cm³/mol. The zero-order chi connectivity index (χ0) is 14.7. The number of halogens is 2. The SMILES string of the molecule is Clc1ccccc1-c1nnc(CNc2cccc(Br)c2)o1. The van der Waals surface area contributed by atoms with Crippen molar-refractivity contribution >= 4 is 33.2 Å². The standard InChI is InChI=1S/C15H11BrClN3O/c16-10-4-3-5-11(8-10)18-9-14-19-20-15(21-14)12-6-1-2-7-13(12)17/h1-8,18H,9H2. The molecule has 0 saturated heterocycles. The highest BCUT2D eigenvalue weighted by molar-refractivity contribution is 9.10. The largest absolute Gasteiger partial charge is 0.419 e. The van der Waals surface area contributed by atoms with Crippen molar-refractivity contribution in [1.29, 1.82) is 0 Å². The van der Waals surface area contributed by atoms with Crippen LogP contribution in [0.15, 0.2) is 57.4 Å². The summed E-state index contributed by atoms with van der Waals surface area (Å²) >= 11 is 9.53. The molecule has 6 heteroatoms. The molecule has 0 saturated carbocycles. The van der Waals surface area contributed by atoms with Gasteiger partial charge in [-0.15, -0.1) is 10.2 Å². The van der Waals surface area contributed by atoms with Crippen molar-refractivity contribution in [2.24, 2.45) is 0 Å². The number of anilines is 1. The molecule has 0 aliphatic rings. The van der Waals surface area contributed by atoms with Crippen molar-refractivity contribution in [3.8, 4) is 11.5 Å². The first-order valence-corrected chi connectivity index (χ1v) is 7.46. The number of rotatable bonds is 4. The average molecular weight is 365 g/mol. The van der Waals surface area contributed by atoms with Crippen molar-refractivity contribution in [3.05, 3.63) is 63.9 Å². The molecule has 0 unspecified atom stereocenters. The fourth-order valence-corrected chi connectivity index (χ4v) is 2.46. The molecule has 1 heterocycles. The first-order valence-electron chi connectivity index (χ1n) is 6.29. The molecule has 0 radical (unpaired) electrons. The molecule has 0 amide bonds. The quantitative estimate of drug-likeness (QED) is 0.725. The van der Waals surface area contributed by atoms with Gasteiger partial charge in [0, 0.05) is 10.2 Å². The third kappa shape index (κ3) is 3.43. The Balaban J connectivity index is 1.72. The molecule has 1 aromatic heterocycles. The van der Waals surface area contributed by atoms with Crippen LogP contribution < -0.4 is 5.32 Å². The highest BCUT2D eigenvalue weighted by Crippen LogP contribution is 2.26. The van der Waals surface area contributed by atoms with E-state index in [-0.39, 0.29) is 0 Å². The smallest absolute Gasteiger partial charge is 0.249 e. The minimum atomic E-state index is 0.423. The molecule has 106 valence electrons. The van der Waals surface area contributed by atoms with Gasteiger partial charge in [-0.1, -0.05) is 45.7 Å². The fraction of sp³-hybridized carbons (Fsp3) is 0.0667. The molecule has 0 aliphatic carbocycles. The van der Waals surface area contributed by atoms with E-state index in [2.05, 4.69) is 31.4 Å². The summed E-state index contributed by atoms with van der Waals surface area (Å²) in [5, 5.41) is 11.9. The summed E-state index contributed by atoms with van der Waals surface area (Å²) in [6.07, 6.45) is 0. The highest BCUT2D eigenvalue weighted by Gasteiger charge is 2.11. The van der Waals surface area contributed by atoms with E-state index in [1.807, 2.05) is 42.5 Å². The topological polar surface area (TPSA) is 51.0 Å². The molecule has 0 spiro atoms. The third-order valence-corrected chi connectivity index (χ3v) is 3.66. The minimum absolute atomic E-state index is 0.423. The van der Waals surface area contributed by atoms with Crippen LogP contribution in [0.2, 0.25) is 5.02 Å². The Morgan fingerprint density at radius 1 is 1.10 bits per heavy atom. The summed E-state index contributed by atoms with van der Waals surface area (Å²) in [5.41, 5.74) is 1.71. The molecule has 21 heavy (non-hydrogen) atoms. The van der Waals surface area contributed by atoms with Crippen LogP contribution in [0.25, 0.3) is 11.5 Å². The summed E-state index contributed by atoms with van der Waals surface area (Å²) in [6.45, 7) is 0.452. The van der Waals surface area contributed by atoms with Gasteiger partial charge in [-0.05, 0) is 30.3 Å². The lowest BCUT2D eigenvalue weighted by molar-refractivity contribution is 0.515. The maximum atomic E-state index is 6.11. The van der Waals surface area contributed by atoms with Gasteiger partial charge in [-0.3, -0.25) is 0 Å². The van der Waals surface area contributed by atoms with E-state index in [9.17, 15) is 0 Å². The van der Waals surface area contributed by atoms with Crippen molar-refractivity contribution in [2.75, 3.05) is 5.32 Å². The van der Waals surface area contributed by atoms with E-state index in [0.717, 1.165) is 15.7 Å². The lowest BCUT2D eigenvalue weighted by atomic mass is 10.2. The van der Waals surface area contributed by atoms with Gasteiger partial charge in [0.15, 0.2) is 0 Å². The van der Waals surface area contributed by atoms with Gasteiger partial charge in [0.25, 0.3) is 0 Å². The Bertz CT molecular complexity index is 760. The molecule has 3 aromatic rings. The Morgan fingerprint density at radius 2 is 1.95 bits per heavy atom. The first-order chi connectivity index (χ1) is 10.2. The summed E-state index contributed by atoms with van der Waals surface area (Å²) in [5.74, 6) is 0.927.